The first kappa shape index (κ1) is 27.6. The van der Waals surface area contributed by atoms with Crippen molar-refractivity contribution in [2.45, 2.75) is 65.1 Å². The maximum atomic E-state index is 13.2. The molecule has 1 atom stereocenters. The van der Waals surface area contributed by atoms with Crippen molar-refractivity contribution < 1.29 is 29.0 Å². The van der Waals surface area contributed by atoms with Gasteiger partial charge in [0.1, 0.15) is 17.9 Å². The number of aromatic nitrogens is 2. The van der Waals surface area contributed by atoms with Crippen LogP contribution in [0.5, 0.6) is 0 Å². The summed E-state index contributed by atoms with van der Waals surface area (Å²) in [6.45, 7) is 9.14. The van der Waals surface area contributed by atoms with Crippen LogP contribution in [0.4, 0.5) is 9.59 Å². The number of benzene rings is 1. The fraction of sp³-hybridized carbons (Fsp3) is 0.467. The van der Waals surface area contributed by atoms with E-state index in [-0.39, 0.29) is 24.6 Å². The molecular formula is C30H36N4O6. The molecular weight excluding hydrogens is 512 g/mol. The van der Waals surface area contributed by atoms with E-state index in [4.69, 9.17) is 9.47 Å². The first-order valence-electron chi connectivity index (χ1n) is 13.6. The molecule has 1 aromatic carbocycles. The lowest BCUT2D eigenvalue weighted by Crippen LogP contribution is -2.39. The number of ether oxygens (including phenoxy) is 2. The molecule has 3 aromatic rings. The Balaban J connectivity index is 1.61. The zero-order valence-electron chi connectivity index (χ0n) is 23.7. The molecule has 0 saturated carbocycles. The lowest BCUT2D eigenvalue weighted by atomic mass is 9.86. The van der Waals surface area contributed by atoms with Crippen LogP contribution >= 0.6 is 0 Å². The van der Waals surface area contributed by atoms with Crippen molar-refractivity contribution in [2.24, 2.45) is 0 Å². The van der Waals surface area contributed by atoms with Crippen molar-refractivity contribution in [1.29, 1.82) is 0 Å². The number of hydrogen-bond donors (Lipinski definition) is 1. The van der Waals surface area contributed by atoms with Crippen LogP contribution in [0, 0.1) is 6.92 Å². The minimum Gasteiger partial charge on any atom is -0.464 e. The van der Waals surface area contributed by atoms with Crippen LogP contribution in [0.25, 0.3) is 22.2 Å². The van der Waals surface area contributed by atoms with E-state index in [1.807, 2.05) is 38.7 Å². The predicted octanol–water partition coefficient (Wildman–Crippen LogP) is 5.14. The van der Waals surface area contributed by atoms with Gasteiger partial charge >= 0.3 is 12.2 Å². The van der Waals surface area contributed by atoms with Crippen molar-refractivity contribution >= 4 is 29.1 Å². The number of likely N-dealkylation sites (tertiary alicyclic amines) is 1. The van der Waals surface area contributed by atoms with Gasteiger partial charge in [-0.3, -0.25) is 4.79 Å². The normalized spacial score (nSPS) is 17.3. The number of hydrogen-bond acceptors (Lipinski definition) is 6. The average Bonchev–Trinajstić information content (AvgIpc) is 3.52. The second-order valence-corrected chi connectivity index (χ2v) is 11.6. The summed E-state index contributed by atoms with van der Waals surface area (Å²) in [6.07, 6.45) is 4.21. The fourth-order valence-electron chi connectivity index (χ4n) is 5.82. The molecule has 1 fully saturated rings. The molecule has 1 N–H and O–H groups in total. The van der Waals surface area contributed by atoms with E-state index in [2.05, 4.69) is 17.1 Å². The van der Waals surface area contributed by atoms with E-state index in [9.17, 15) is 19.5 Å². The number of methoxy groups -OCH3 is 1. The van der Waals surface area contributed by atoms with Gasteiger partial charge < -0.3 is 24.4 Å². The van der Waals surface area contributed by atoms with Crippen LogP contribution in [0.1, 0.15) is 61.9 Å². The van der Waals surface area contributed by atoms with Crippen LogP contribution in [0.15, 0.2) is 30.6 Å². The molecule has 0 aliphatic carbocycles. The van der Waals surface area contributed by atoms with Crippen LogP contribution in [0.3, 0.4) is 0 Å². The Hall–Kier alpha value is -3.92. The Bertz CT molecular complexity index is 1490. The molecule has 4 heterocycles. The summed E-state index contributed by atoms with van der Waals surface area (Å²) in [5, 5.41) is 10.3. The zero-order valence-corrected chi connectivity index (χ0v) is 23.7. The number of rotatable bonds is 4. The first-order valence-corrected chi connectivity index (χ1v) is 13.6. The third kappa shape index (κ3) is 5.28. The highest BCUT2D eigenvalue weighted by Crippen LogP contribution is 2.40. The van der Waals surface area contributed by atoms with Crippen molar-refractivity contribution in [2.75, 3.05) is 26.8 Å². The van der Waals surface area contributed by atoms with Crippen LogP contribution in [-0.4, -0.2) is 75.0 Å². The monoisotopic (exact) mass is 548 g/mol. The van der Waals surface area contributed by atoms with Gasteiger partial charge in [0.15, 0.2) is 0 Å². The standard InChI is InChI=1S/C30H36N4O6/c1-18-15-34(28(36)37)27-23(18)13-20(14-31-27)19-11-21-16-32(26(35)17-39-5)10-8-22(21)24(12-19)25-7-6-9-33(25)29(38)40-30(2,3)4/h11-15,25H,6-10,16-17H2,1-5H3,(H,36,37)/t25-/m0/s1. The third-order valence-electron chi connectivity index (χ3n) is 7.61. The zero-order chi connectivity index (χ0) is 28.8. The molecule has 0 bridgehead atoms. The first-order chi connectivity index (χ1) is 19.0. The summed E-state index contributed by atoms with van der Waals surface area (Å²) < 4.78 is 12.0. The number of carbonyl (C=O) groups excluding carboxylic acids is 2. The lowest BCUT2D eigenvalue weighted by molar-refractivity contribution is -0.136. The van der Waals surface area contributed by atoms with Gasteiger partial charge in [0.05, 0.1) is 6.04 Å². The molecule has 10 heteroatoms. The van der Waals surface area contributed by atoms with Crippen molar-refractivity contribution in [3.8, 4) is 11.1 Å². The minimum atomic E-state index is -1.08. The maximum Gasteiger partial charge on any atom is 0.417 e. The Morgan fingerprint density at radius 3 is 2.60 bits per heavy atom. The average molecular weight is 549 g/mol. The Labute approximate surface area is 233 Å². The van der Waals surface area contributed by atoms with Gasteiger partial charge in [-0.2, -0.15) is 0 Å². The van der Waals surface area contributed by atoms with E-state index in [1.165, 1.54) is 7.11 Å². The molecule has 1 saturated heterocycles. The van der Waals surface area contributed by atoms with Gasteiger partial charge in [-0.25, -0.2) is 19.1 Å². The fourth-order valence-corrected chi connectivity index (χ4v) is 5.82. The maximum absolute atomic E-state index is 13.2. The summed E-state index contributed by atoms with van der Waals surface area (Å²) in [4.78, 5) is 45.7. The molecule has 0 radical (unpaired) electrons. The summed E-state index contributed by atoms with van der Waals surface area (Å²) in [5.41, 5.74) is 5.59. The quantitative estimate of drug-likeness (QED) is 0.480. The van der Waals surface area contributed by atoms with Gasteiger partial charge in [0, 0.05) is 50.1 Å². The van der Waals surface area contributed by atoms with E-state index in [0.29, 0.717) is 31.7 Å². The minimum absolute atomic E-state index is 0.0252. The van der Waals surface area contributed by atoms with Crippen LogP contribution < -0.4 is 0 Å². The highest BCUT2D eigenvalue weighted by molar-refractivity contribution is 5.91. The molecule has 212 valence electrons. The van der Waals surface area contributed by atoms with Crippen LogP contribution in [0.2, 0.25) is 0 Å². The number of amides is 2. The van der Waals surface area contributed by atoms with Gasteiger partial charge in [-0.1, -0.05) is 0 Å². The summed E-state index contributed by atoms with van der Waals surface area (Å²) in [7, 11) is 1.51. The van der Waals surface area contributed by atoms with Crippen molar-refractivity contribution in [3.63, 3.8) is 0 Å². The molecule has 2 aliphatic heterocycles. The van der Waals surface area contributed by atoms with Gasteiger partial charge in [0.25, 0.3) is 0 Å². The molecule has 2 aromatic heterocycles. The van der Waals surface area contributed by atoms with E-state index < -0.39 is 11.7 Å². The predicted molar refractivity (Wildman–Crippen MR) is 149 cm³/mol. The molecule has 40 heavy (non-hydrogen) atoms. The Morgan fingerprint density at radius 2 is 1.90 bits per heavy atom. The number of nitrogens with zero attached hydrogens (tertiary/aromatic N) is 4. The summed E-state index contributed by atoms with van der Waals surface area (Å²) in [5.74, 6) is -0.0647. The van der Waals surface area contributed by atoms with Crippen molar-refractivity contribution in [1.82, 2.24) is 19.4 Å². The SMILES string of the molecule is COCC(=O)N1CCc2c(cc(-c3cnc4c(c3)c(C)cn4C(=O)O)cc2[C@@H]2CCCN2C(=O)OC(C)(C)C)C1. The lowest BCUT2D eigenvalue weighted by Gasteiger charge is -2.34. The largest absolute Gasteiger partial charge is 0.464 e. The second kappa shape index (κ2) is 10.6. The second-order valence-electron chi connectivity index (χ2n) is 11.6. The number of fused-ring (bicyclic) bond motifs is 2. The number of carboxylic acid groups (broad SMARTS) is 1. The molecule has 2 amide bonds. The Morgan fingerprint density at radius 1 is 1.12 bits per heavy atom. The third-order valence-corrected chi connectivity index (χ3v) is 7.61. The van der Waals surface area contributed by atoms with E-state index in [1.54, 1.807) is 17.3 Å². The topological polar surface area (TPSA) is 114 Å². The van der Waals surface area contributed by atoms with E-state index in [0.717, 1.165) is 56.2 Å². The number of pyridine rings is 1. The number of carbonyl (C=O) groups is 3. The molecule has 5 rings (SSSR count). The number of aryl methyl sites for hydroxylation is 1. The highest BCUT2D eigenvalue weighted by atomic mass is 16.6. The summed E-state index contributed by atoms with van der Waals surface area (Å²) >= 11 is 0. The smallest absolute Gasteiger partial charge is 0.417 e. The highest BCUT2D eigenvalue weighted by Gasteiger charge is 2.36. The van der Waals surface area contributed by atoms with Gasteiger partial charge in [0.2, 0.25) is 5.91 Å². The molecule has 10 nitrogen and oxygen atoms in total. The molecule has 0 spiro atoms. The van der Waals surface area contributed by atoms with Gasteiger partial charge in [-0.15, -0.1) is 0 Å². The molecule has 2 aliphatic rings. The molecule has 0 unspecified atom stereocenters. The van der Waals surface area contributed by atoms with Crippen molar-refractivity contribution in [3.05, 3.63) is 52.8 Å². The van der Waals surface area contributed by atoms with Gasteiger partial charge in [-0.05, 0) is 93.0 Å². The summed E-state index contributed by atoms with van der Waals surface area (Å²) in [6, 6.07) is 6.03. The van der Waals surface area contributed by atoms with E-state index >= 15 is 0 Å². The van der Waals surface area contributed by atoms with Crippen LogP contribution in [-0.2, 0) is 27.2 Å². The Kier molecular flexibility index (Phi) is 7.31.